The van der Waals surface area contributed by atoms with Gasteiger partial charge in [-0.1, -0.05) is 19.2 Å². The van der Waals surface area contributed by atoms with Crippen molar-refractivity contribution in [1.82, 2.24) is 4.90 Å². The highest BCUT2D eigenvalue weighted by molar-refractivity contribution is 6.24. The second-order valence-corrected chi connectivity index (χ2v) is 3.32. The van der Waals surface area contributed by atoms with Crippen molar-refractivity contribution in [2.45, 2.75) is 6.10 Å². The Morgan fingerprint density at radius 1 is 1.44 bits per heavy atom. The van der Waals surface area contributed by atoms with Crippen molar-refractivity contribution in [2.75, 3.05) is 13.2 Å². The first-order valence-electron chi connectivity index (χ1n) is 4.65. The van der Waals surface area contributed by atoms with Gasteiger partial charge >= 0.3 is 0 Å². The molecule has 1 aliphatic rings. The maximum absolute atomic E-state index is 12.1. The number of likely N-dealkylation sites (tertiary alicyclic amines) is 1. The molecule has 5 heteroatoms. The van der Waals surface area contributed by atoms with E-state index in [2.05, 4.69) is 13.2 Å². The van der Waals surface area contributed by atoms with Gasteiger partial charge in [0.15, 0.2) is 0 Å². The van der Waals surface area contributed by atoms with Gasteiger partial charge in [0.25, 0.3) is 11.8 Å². The fourth-order valence-electron chi connectivity index (χ4n) is 1.36. The van der Waals surface area contributed by atoms with Crippen LogP contribution in [0.4, 0.5) is 4.39 Å². The Morgan fingerprint density at radius 2 is 2.06 bits per heavy atom. The third-order valence-electron chi connectivity index (χ3n) is 2.16. The lowest BCUT2D eigenvalue weighted by Crippen LogP contribution is -2.37. The Morgan fingerprint density at radius 3 is 2.56 bits per heavy atom. The highest BCUT2D eigenvalue weighted by Crippen LogP contribution is 2.23. The topological polar surface area (TPSA) is 57.6 Å². The minimum atomic E-state index is -1.36. The van der Waals surface area contributed by atoms with Gasteiger partial charge in [-0.15, -0.1) is 0 Å². The molecule has 0 aromatic heterocycles. The number of carbonyl (C=O) groups is 2. The van der Waals surface area contributed by atoms with Crippen molar-refractivity contribution in [2.24, 2.45) is 0 Å². The average Bonchev–Trinajstić information content (AvgIpc) is 2.46. The number of amides is 2. The smallest absolute Gasteiger partial charge is 0.261 e. The van der Waals surface area contributed by atoms with Crippen LogP contribution < -0.4 is 0 Å². The van der Waals surface area contributed by atoms with Crippen molar-refractivity contribution < 1.29 is 19.1 Å². The number of hydrogen-bond acceptors (Lipinski definition) is 3. The number of carbonyl (C=O) groups excluding carboxylic acids is 2. The van der Waals surface area contributed by atoms with Gasteiger partial charge in [-0.2, -0.15) is 0 Å². The Kier molecular flexibility index (Phi) is 3.73. The molecular formula is C11H12FNO3. The summed E-state index contributed by atoms with van der Waals surface area (Å²) >= 11 is 0. The molecule has 0 aromatic rings. The van der Waals surface area contributed by atoms with E-state index in [0.29, 0.717) is 0 Å². The first-order chi connectivity index (χ1) is 7.52. The fraction of sp³-hybridized carbons (Fsp3) is 0.273. The van der Waals surface area contributed by atoms with Crippen molar-refractivity contribution >= 4 is 11.8 Å². The lowest BCUT2D eigenvalue weighted by molar-refractivity contribution is -0.138. The summed E-state index contributed by atoms with van der Waals surface area (Å²) in [5, 5.41) is 9.07. The average molecular weight is 225 g/mol. The highest BCUT2D eigenvalue weighted by Gasteiger charge is 2.37. The number of alkyl halides is 1. The Hall–Kier alpha value is -1.75. The Balaban J connectivity index is 2.94. The zero-order valence-corrected chi connectivity index (χ0v) is 8.65. The van der Waals surface area contributed by atoms with Crippen molar-refractivity contribution in [3.63, 3.8) is 0 Å². The van der Waals surface area contributed by atoms with Crippen molar-refractivity contribution in [1.29, 1.82) is 0 Å². The number of halogens is 1. The molecule has 2 amide bonds. The predicted octanol–water partition coefficient (Wildman–Crippen LogP) is 0.354. The van der Waals surface area contributed by atoms with Crippen LogP contribution in [-0.2, 0) is 9.59 Å². The van der Waals surface area contributed by atoms with E-state index in [9.17, 15) is 14.0 Å². The number of aliphatic hydroxyl groups is 1. The molecule has 1 atom stereocenters. The van der Waals surface area contributed by atoms with Crippen LogP contribution in [0.25, 0.3) is 0 Å². The summed E-state index contributed by atoms with van der Waals surface area (Å²) < 4.78 is 12.1. The van der Waals surface area contributed by atoms with E-state index in [1.54, 1.807) is 0 Å². The molecule has 1 N–H and O–H groups in total. The van der Waals surface area contributed by atoms with Crippen LogP contribution >= 0.6 is 0 Å². The maximum Gasteiger partial charge on any atom is 0.261 e. The number of imide groups is 1. The van der Waals surface area contributed by atoms with Crippen LogP contribution in [0.2, 0.25) is 0 Å². The van der Waals surface area contributed by atoms with E-state index in [-0.39, 0.29) is 17.7 Å². The SMILES string of the molecule is C=C/C=C1\C(=C)C(=O)N(CC(O)CF)C1=O. The van der Waals surface area contributed by atoms with E-state index in [1.165, 1.54) is 12.2 Å². The molecule has 1 unspecified atom stereocenters. The monoisotopic (exact) mass is 225 g/mol. The minimum absolute atomic E-state index is 0.0379. The zero-order chi connectivity index (χ0) is 12.3. The van der Waals surface area contributed by atoms with Gasteiger partial charge in [0.05, 0.1) is 12.1 Å². The summed E-state index contributed by atoms with van der Waals surface area (Å²) in [7, 11) is 0. The lowest BCUT2D eigenvalue weighted by Gasteiger charge is -2.15. The minimum Gasteiger partial charge on any atom is -0.389 e. The highest BCUT2D eigenvalue weighted by atomic mass is 19.1. The first-order valence-corrected chi connectivity index (χ1v) is 4.65. The first kappa shape index (κ1) is 12.3. The van der Waals surface area contributed by atoms with E-state index in [4.69, 9.17) is 5.11 Å². The van der Waals surface area contributed by atoms with Crippen LogP contribution in [0, 0.1) is 0 Å². The summed E-state index contributed by atoms with van der Waals surface area (Å²) in [5.74, 6) is -1.19. The van der Waals surface area contributed by atoms with Crippen LogP contribution in [-0.4, -0.2) is 41.1 Å². The molecule has 0 spiro atoms. The molecule has 1 fully saturated rings. The summed E-state index contributed by atoms with van der Waals surface area (Å²) in [4.78, 5) is 24.0. The molecule has 0 aliphatic carbocycles. The standard InChI is InChI=1S/C11H12FNO3/c1-3-4-9-7(2)10(15)13(11(9)16)6-8(14)5-12/h3-4,8,14H,1-2,5-6H2/b9-4+. The third-order valence-corrected chi connectivity index (χ3v) is 2.16. The van der Waals surface area contributed by atoms with E-state index >= 15 is 0 Å². The van der Waals surface area contributed by atoms with Crippen LogP contribution in [0.1, 0.15) is 0 Å². The summed E-state index contributed by atoms with van der Waals surface area (Å²) in [6, 6.07) is 0. The fourth-order valence-corrected chi connectivity index (χ4v) is 1.36. The predicted molar refractivity (Wildman–Crippen MR) is 56.1 cm³/mol. The molecular weight excluding hydrogens is 213 g/mol. The van der Waals surface area contributed by atoms with Crippen molar-refractivity contribution in [3.05, 3.63) is 36.5 Å². The summed E-state index contributed by atoms with van der Waals surface area (Å²) in [5.41, 5.74) is 0.169. The molecule has 0 bridgehead atoms. The van der Waals surface area contributed by atoms with Gasteiger partial charge in [0, 0.05) is 5.57 Å². The largest absolute Gasteiger partial charge is 0.389 e. The van der Waals surface area contributed by atoms with Crippen molar-refractivity contribution in [3.8, 4) is 0 Å². The zero-order valence-electron chi connectivity index (χ0n) is 8.65. The summed E-state index contributed by atoms with van der Waals surface area (Å²) in [6.45, 7) is 5.51. The molecule has 1 rings (SSSR count). The number of aliphatic hydroxyl groups excluding tert-OH is 1. The number of rotatable bonds is 4. The number of nitrogens with zero attached hydrogens (tertiary/aromatic N) is 1. The quantitative estimate of drug-likeness (QED) is 0.555. The molecule has 0 aromatic carbocycles. The number of allylic oxidation sites excluding steroid dienone is 2. The molecule has 0 saturated carbocycles. The molecule has 86 valence electrons. The number of hydrogen-bond donors (Lipinski definition) is 1. The van der Waals surface area contributed by atoms with E-state index < -0.39 is 24.6 Å². The van der Waals surface area contributed by atoms with Gasteiger partial charge in [0.1, 0.15) is 12.8 Å². The van der Waals surface area contributed by atoms with E-state index in [0.717, 1.165) is 4.90 Å². The second kappa shape index (κ2) is 4.85. The van der Waals surface area contributed by atoms with Gasteiger partial charge in [-0.05, 0) is 6.08 Å². The number of β-amino-alcohol motifs (C(OH)–C–C–N with tert-alkyl or cyclic N) is 1. The van der Waals surface area contributed by atoms with Gasteiger partial charge in [-0.3, -0.25) is 14.5 Å². The Labute approximate surface area is 92.4 Å². The van der Waals surface area contributed by atoms with Gasteiger partial charge in [0.2, 0.25) is 0 Å². The third kappa shape index (κ3) is 2.09. The molecule has 16 heavy (non-hydrogen) atoms. The summed E-state index contributed by atoms with van der Waals surface area (Å²) in [6.07, 6.45) is 1.37. The van der Waals surface area contributed by atoms with Gasteiger partial charge < -0.3 is 5.11 Å². The van der Waals surface area contributed by atoms with E-state index in [1.807, 2.05) is 0 Å². The molecule has 4 nitrogen and oxygen atoms in total. The molecule has 0 radical (unpaired) electrons. The normalized spacial score (nSPS) is 20.8. The molecule has 1 aliphatic heterocycles. The maximum atomic E-state index is 12.1. The molecule has 1 saturated heterocycles. The van der Waals surface area contributed by atoms with Crippen LogP contribution in [0.15, 0.2) is 36.5 Å². The lowest BCUT2D eigenvalue weighted by atomic mass is 10.1. The van der Waals surface area contributed by atoms with Gasteiger partial charge in [-0.25, -0.2) is 4.39 Å². The molecule has 1 heterocycles. The second-order valence-electron chi connectivity index (χ2n) is 3.32. The Bertz CT molecular complexity index is 387. The van der Waals surface area contributed by atoms with Crippen LogP contribution in [0.5, 0.6) is 0 Å². The van der Waals surface area contributed by atoms with Crippen LogP contribution in [0.3, 0.4) is 0 Å².